The maximum Gasteiger partial charge on any atom is 0.313 e. The predicted molar refractivity (Wildman–Crippen MR) is 59.3 cm³/mol. The van der Waals surface area contributed by atoms with Gasteiger partial charge in [0.15, 0.2) is 0 Å². The van der Waals surface area contributed by atoms with Crippen LogP contribution in [0.1, 0.15) is 30.9 Å². The van der Waals surface area contributed by atoms with Crippen molar-refractivity contribution in [2.75, 3.05) is 6.61 Å². The van der Waals surface area contributed by atoms with Crippen LogP contribution in [0.15, 0.2) is 18.2 Å². The third-order valence-corrected chi connectivity index (χ3v) is 2.44. The van der Waals surface area contributed by atoms with Gasteiger partial charge >= 0.3 is 5.97 Å². The molecular weight excluding hydrogens is 209 g/mol. The number of hydrogen-bond acceptors (Lipinski definition) is 3. The van der Waals surface area contributed by atoms with Crippen molar-refractivity contribution in [2.24, 2.45) is 5.73 Å². The molecule has 0 aromatic heterocycles. The molecule has 1 atom stereocenters. The number of benzene rings is 1. The summed E-state index contributed by atoms with van der Waals surface area (Å²) in [6.45, 7) is 3.91. The second-order valence-corrected chi connectivity index (χ2v) is 3.53. The van der Waals surface area contributed by atoms with Crippen molar-refractivity contribution in [3.63, 3.8) is 0 Å². The van der Waals surface area contributed by atoms with Gasteiger partial charge in [0, 0.05) is 12.1 Å². The van der Waals surface area contributed by atoms with E-state index in [0.717, 1.165) is 0 Å². The molecule has 0 aliphatic heterocycles. The van der Waals surface area contributed by atoms with Crippen LogP contribution < -0.4 is 5.73 Å². The zero-order valence-corrected chi connectivity index (χ0v) is 9.50. The van der Waals surface area contributed by atoms with E-state index >= 15 is 0 Å². The molecule has 0 saturated carbocycles. The summed E-state index contributed by atoms with van der Waals surface area (Å²) >= 11 is 0. The highest BCUT2D eigenvalue weighted by molar-refractivity contribution is 5.77. The zero-order chi connectivity index (χ0) is 12.1. The molecule has 0 radical (unpaired) electrons. The van der Waals surface area contributed by atoms with Gasteiger partial charge in [-0.25, -0.2) is 4.39 Å². The smallest absolute Gasteiger partial charge is 0.313 e. The molecule has 0 amide bonds. The first-order valence-electron chi connectivity index (χ1n) is 5.25. The van der Waals surface area contributed by atoms with Crippen molar-refractivity contribution >= 4 is 5.97 Å². The summed E-state index contributed by atoms with van der Waals surface area (Å²) in [6.07, 6.45) is 0. The highest BCUT2D eigenvalue weighted by Crippen LogP contribution is 2.19. The molecule has 0 spiro atoms. The average molecular weight is 225 g/mol. The van der Waals surface area contributed by atoms with Crippen LogP contribution in [0.4, 0.5) is 4.39 Å². The second-order valence-electron chi connectivity index (χ2n) is 3.53. The molecule has 2 N–H and O–H groups in total. The fourth-order valence-electron chi connectivity index (χ4n) is 1.40. The Kier molecular flexibility index (Phi) is 4.43. The van der Waals surface area contributed by atoms with E-state index in [2.05, 4.69) is 0 Å². The average Bonchev–Trinajstić information content (AvgIpc) is 2.28. The predicted octanol–water partition coefficient (Wildman–Crippen LogP) is 1.95. The Bertz CT molecular complexity index is 379. The Morgan fingerprint density at radius 1 is 1.56 bits per heavy atom. The van der Waals surface area contributed by atoms with Crippen LogP contribution in [0.25, 0.3) is 0 Å². The summed E-state index contributed by atoms with van der Waals surface area (Å²) in [6, 6.07) is 4.64. The van der Waals surface area contributed by atoms with Gasteiger partial charge in [-0.2, -0.15) is 0 Å². The van der Waals surface area contributed by atoms with Crippen LogP contribution in [0.5, 0.6) is 0 Å². The maximum atomic E-state index is 13.4. The largest absolute Gasteiger partial charge is 0.466 e. The Morgan fingerprint density at radius 3 is 2.75 bits per heavy atom. The van der Waals surface area contributed by atoms with E-state index in [1.165, 1.54) is 6.07 Å². The maximum absolute atomic E-state index is 13.4. The molecule has 0 aliphatic rings. The molecule has 0 aliphatic carbocycles. The monoisotopic (exact) mass is 225 g/mol. The molecule has 88 valence electrons. The number of rotatable bonds is 4. The fourth-order valence-corrected chi connectivity index (χ4v) is 1.40. The zero-order valence-electron chi connectivity index (χ0n) is 9.50. The molecule has 0 bridgehead atoms. The topological polar surface area (TPSA) is 52.3 Å². The Morgan fingerprint density at radius 2 is 2.25 bits per heavy atom. The Labute approximate surface area is 94.4 Å². The van der Waals surface area contributed by atoms with E-state index in [1.807, 2.05) is 0 Å². The van der Waals surface area contributed by atoms with Crippen LogP contribution in [0.3, 0.4) is 0 Å². The molecule has 0 heterocycles. The lowest BCUT2D eigenvalue weighted by atomic mass is 9.99. The summed E-state index contributed by atoms with van der Waals surface area (Å²) < 4.78 is 18.3. The van der Waals surface area contributed by atoms with Gasteiger partial charge in [0.25, 0.3) is 0 Å². The SMILES string of the molecule is CCOC(=O)C(C)c1ccc(CN)c(F)c1. The van der Waals surface area contributed by atoms with Gasteiger partial charge in [0.1, 0.15) is 5.82 Å². The number of halogens is 1. The molecule has 16 heavy (non-hydrogen) atoms. The third-order valence-electron chi connectivity index (χ3n) is 2.44. The minimum absolute atomic E-state index is 0.153. The lowest BCUT2D eigenvalue weighted by Crippen LogP contribution is -2.13. The van der Waals surface area contributed by atoms with E-state index in [9.17, 15) is 9.18 Å². The minimum Gasteiger partial charge on any atom is -0.466 e. The van der Waals surface area contributed by atoms with Crippen molar-refractivity contribution in [3.8, 4) is 0 Å². The van der Waals surface area contributed by atoms with Crippen LogP contribution >= 0.6 is 0 Å². The molecule has 1 rings (SSSR count). The van der Waals surface area contributed by atoms with Crippen molar-refractivity contribution in [3.05, 3.63) is 35.1 Å². The number of ether oxygens (including phenoxy) is 1. The summed E-state index contributed by atoms with van der Waals surface area (Å²) in [5, 5.41) is 0. The van der Waals surface area contributed by atoms with Gasteiger partial charge in [-0.05, 0) is 25.5 Å². The van der Waals surface area contributed by atoms with Gasteiger partial charge in [-0.15, -0.1) is 0 Å². The minimum atomic E-state index is -0.457. The van der Waals surface area contributed by atoms with Crippen LogP contribution in [-0.4, -0.2) is 12.6 Å². The summed E-state index contributed by atoms with van der Waals surface area (Å²) in [5.41, 5.74) is 6.40. The summed E-state index contributed by atoms with van der Waals surface area (Å²) in [5.74, 6) is -1.18. The van der Waals surface area contributed by atoms with Gasteiger partial charge in [-0.3, -0.25) is 4.79 Å². The number of nitrogens with two attached hydrogens (primary N) is 1. The number of hydrogen-bond donors (Lipinski definition) is 1. The number of carbonyl (C=O) groups is 1. The Balaban J connectivity index is 2.88. The van der Waals surface area contributed by atoms with Gasteiger partial charge in [-0.1, -0.05) is 12.1 Å². The lowest BCUT2D eigenvalue weighted by molar-refractivity contribution is -0.144. The summed E-state index contributed by atoms with van der Waals surface area (Å²) in [7, 11) is 0. The van der Waals surface area contributed by atoms with E-state index in [4.69, 9.17) is 10.5 Å². The quantitative estimate of drug-likeness (QED) is 0.797. The van der Waals surface area contributed by atoms with E-state index < -0.39 is 5.92 Å². The standard InChI is InChI=1S/C12H16FNO2/c1-3-16-12(15)8(2)9-4-5-10(7-14)11(13)6-9/h4-6,8H,3,7,14H2,1-2H3. The van der Waals surface area contributed by atoms with Gasteiger partial charge in [0.05, 0.1) is 12.5 Å². The van der Waals surface area contributed by atoms with Crippen molar-refractivity contribution in [2.45, 2.75) is 26.3 Å². The van der Waals surface area contributed by atoms with Crippen molar-refractivity contribution < 1.29 is 13.9 Å². The number of esters is 1. The molecule has 1 unspecified atom stereocenters. The first-order chi connectivity index (χ1) is 7.60. The van der Waals surface area contributed by atoms with E-state index in [1.54, 1.807) is 26.0 Å². The van der Waals surface area contributed by atoms with Crippen LogP contribution in [-0.2, 0) is 16.1 Å². The highest BCUT2D eigenvalue weighted by atomic mass is 19.1. The van der Waals surface area contributed by atoms with Crippen LogP contribution in [0.2, 0.25) is 0 Å². The Hall–Kier alpha value is -1.42. The molecule has 1 aromatic rings. The molecule has 4 heteroatoms. The third kappa shape index (κ3) is 2.79. The fraction of sp³-hybridized carbons (Fsp3) is 0.417. The molecule has 3 nitrogen and oxygen atoms in total. The number of carbonyl (C=O) groups excluding carboxylic acids is 1. The summed E-state index contributed by atoms with van der Waals surface area (Å²) in [4.78, 5) is 11.4. The van der Waals surface area contributed by atoms with Gasteiger partial charge < -0.3 is 10.5 Å². The molecular formula is C12H16FNO2. The van der Waals surface area contributed by atoms with E-state index in [0.29, 0.717) is 17.7 Å². The molecule has 0 fully saturated rings. The molecule has 0 saturated heterocycles. The second kappa shape index (κ2) is 5.61. The van der Waals surface area contributed by atoms with Crippen LogP contribution in [0, 0.1) is 5.82 Å². The van der Waals surface area contributed by atoms with Crippen molar-refractivity contribution in [1.82, 2.24) is 0 Å². The van der Waals surface area contributed by atoms with E-state index in [-0.39, 0.29) is 18.3 Å². The first kappa shape index (κ1) is 12.6. The van der Waals surface area contributed by atoms with Crippen molar-refractivity contribution in [1.29, 1.82) is 0 Å². The normalized spacial score (nSPS) is 12.2. The molecule has 1 aromatic carbocycles. The highest BCUT2D eigenvalue weighted by Gasteiger charge is 2.17. The first-order valence-corrected chi connectivity index (χ1v) is 5.25. The van der Waals surface area contributed by atoms with Gasteiger partial charge in [0.2, 0.25) is 0 Å². The lowest BCUT2D eigenvalue weighted by Gasteiger charge is -2.11.